The summed E-state index contributed by atoms with van der Waals surface area (Å²) in [4.78, 5) is 4.84. The summed E-state index contributed by atoms with van der Waals surface area (Å²) >= 11 is 4.86. The van der Waals surface area contributed by atoms with E-state index in [1.807, 2.05) is 0 Å². The molecule has 0 saturated carbocycles. The molecule has 0 bridgehead atoms. The Hall–Kier alpha value is -4.04. The highest BCUT2D eigenvalue weighted by Gasteiger charge is 2.17. The summed E-state index contributed by atoms with van der Waals surface area (Å²) in [6, 6.07) is 30.3. The molecule has 0 aliphatic carbocycles. The molecule has 7 heteroatoms. The lowest BCUT2D eigenvalue weighted by molar-refractivity contribution is 0.279. The molecule has 0 amide bonds. The number of rotatable bonds is 18. The Morgan fingerprint density at radius 2 is 0.925 bits per heavy atom. The van der Waals surface area contributed by atoms with E-state index in [9.17, 15) is 0 Å². The lowest BCUT2D eigenvalue weighted by Gasteiger charge is -2.12. The molecule has 2 atom stereocenters. The predicted molar refractivity (Wildman–Crippen MR) is 231 cm³/mol. The molecule has 0 unspecified atom stereocenters. The van der Waals surface area contributed by atoms with E-state index in [2.05, 4.69) is 139 Å². The fourth-order valence-electron chi connectivity index (χ4n) is 6.33. The Labute approximate surface area is 328 Å². The van der Waals surface area contributed by atoms with E-state index in [0.29, 0.717) is 11.8 Å². The van der Waals surface area contributed by atoms with Crippen LogP contribution in [0.5, 0.6) is 11.5 Å². The standard InChI is InChI=1S/C46H52N2O2S3/c1-31(2)9-7-11-33(5)27-29-49-37-17-13-35(14-18-37)41-23-25-43(51-41)39-21-22-40(46-45(39)47-53-48-46)44-26-24-42(52-44)36-15-19-38(20-16-36)50-30-28-34(6)12-8-10-32(3)4/h9-10,13-26,33-34H,7-8,11-12,27-30H2,1-6H3/t33-,34-/m1/s1. The van der Waals surface area contributed by atoms with E-state index in [-0.39, 0.29) is 0 Å². The van der Waals surface area contributed by atoms with Crippen molar-refractivity contribution in [2.75, 3.05) is 13.2 Å². The first-order chi connectivity index (χ1) is 25.7. The smallest absolute Gasteiger partial charge is 0.119 e. The van der Waals surface area contributed by atoms with Crippen molar-refractivity contribution in [1.29, 1.82) is 0 Å². The van der Waals surface area contributed by atoms with Gasteiger partial charge in [0.05, 0.1) is 24.9 Å². The predicted octanol–water partition coefficient (Wildman–Crippen LogP) is 14.8. The third-order valence-corrected chi connectivity index (χ3v) is 12.5. The summed E-state index contributed by atoms with van der Waals surface area (Å²) in [5.41, 5.74) is 9.35. The van der Waals surface area contributed by atoms with Gasteiger partial charge >= 0.3 is 0 Å². The zero-order valence-corrected chi connectivity index (χ0v) is 34.4. The first kappa shape index (κ1) is 38.7. The van der Waals surface area contributed by atoms with Crippen LogP contribution in [0.15, 0.2) is 108 Å². The Morgan fingerprint density at radius 1 is 0.528 bits per heavy atom. The summed E-state index contributed by atoms with van der Waals surface area (Å²) in [5.74, 6) is 3.16. The summed E-state index contributed by atoms with van der Waals surface area (Å²) in [7, 11) is 0. The van der Waals surface area contributed by atoms with Gasteiger partial charge in [0.2, 0.25) is 0 Å². The van der Waals surface area contributed by atoms with Crippen molar-refractivity contribution in [2.24, 2.45) is 11.8 Å². The quantitative estimate of drug-likeness (QED) is 0.0819. The molecule has 4 nitrogen and oxygen atoms in total. The van der Waals surface area contributed by atoms with Crippen LogP contribution in [0, 0.1) is 11.8 Å². The summed E-state index contributed by atoms with van der Waals surface area (Å²) in [5, 5.41) is 0. The Balaban J connectivity index is 1.06. The number of ether oxygens (including phenoxy) is 2. The molecule has 0 saturated heterocycles. The van der Waals surface area contributed by atoms with Gasteiger partial charge in [0.25, 0.3) is 0 Å². The molecule has 6 aromatic rings. The van der Waals surface area contributed by atoms with Crippen molar-refractivity contribution in [3.05, 3.63) is 108 Å². The zero-order valence-electron chi connectivity index (χ0n) is 32.0. The van der Waals surface area contributed by atoms with Crippen LogP contribution in [0.1, 0.15) is 80.1 Å². The average molecular weight is 761 g/mol. The molecule has 0 N–H and O–H groups in total. The molecule has 276 valence electrons. The maximum absolute atomic E-state index is 6.09. The summed E-state index contributed by atoms with van der Waals surface area (Å²) in [6.45, 7) is 14.8. The van der Waals surface area contributed by atoms with Crippen molar-refractivity contribution in [3.8, 4) is 53.3 Å². The van der Waals surface area contributed by atoms with Crippen LogP contribution >= 0.6 is 34.4 Å². The minimum atomic E-state index is 0.654. The number of benzene rings is 3. The molecule has 6 rings (SSSR count). The summed E-state index contributed by atoms with van der Waals surface area (Å²) in [6.07, 6.45) is 11.5. The lowest BCUT2D eigenvalue weighted by Crippen LogP contribution is -2.04. The van der Waals surface area contributed by atoms with Crippen molar-refractivity contribution in [2.45, 2.75) is 80.1 Å². The van der Waals surface area contributed by atoms with Gasteiger partial charge in [-0.15, -0.1) is 22.7 Å². The Kier molecular flexibility index (Phi) is 13.7. The van der Waals surface area contributed by atoms with Crippen LogP contribution in [-0.2, 0) is 0 Å². The zero-order chi connectivity index (χ0) is 37.2. The number of fused-ring (bicyclic) bond motifs is 1. The lowest BCUT2D eigenvalue weighted by atomic mass is 10.0. The van der Waals surface area contributed by atoms with Crippen LogP contribution in [0.4, 0.5) is 0 Å². The normalized spacial score (nSPS) is 12.4. The number of aromatic nitrogens is 2. The second kappa shape index (κ2) is 18.8. The molecule has 0 aliphatic heterocycles. The number of thiophene rings is 2. The van der Waals surface area contributed by atoms with Gasteiger partial charge in [-0.05, 0) is 162 Å². The SMILES string of the molecule is CC(C)=CCC[C@@H](C)CCOc1ccc(-c2ccc(-c3ccc(-c4ccc(-c5ccc(OCC[C@H](C)CCC=C(C)C)cc5)s4)c4nsnc34)s2)cc1. The van der Waals surface area contributed by atoms with Crippen LogP contribution in [0.25, 0.3) is 52.8 Å². The van der Waals surface area contributed by atoms with E-state index in [0.717, 1.165) is 72.6 Å². The molecular formula is C46H52N2O2S3. The van der Waals surface area contributed by atoms with Crippen molar-refractivity contribution < 1.29 is 9.47 Å². The van der Waals surface area contributed by atoms with Crippen LogP contribution in [0.3, 0.4) is 0 Å². The monoisotopic (exact) mass is 760 g/mol. The third-order valence-electron chi connectivity index (χ3n) is 9.62. The van der Waals surface area contributed by atoms with E-state index in [1.54, 1.807) is 22.7 Å². The van der Waals surface area contributed by atoms with Crippen molar-refractivity contribution in [1.82, 2.24) is 8.75 Å². The molecule has 0 aliphatic rings. The van der Waals surface area contributed by atoms with Gasteiger partial charge in [-0.1, -0.05) is 49.3 Å². The van der Waals surface area contributed by atoms with Crippen LogP contribution < -0.4 is 9.47 Å². The highest BCUT2D eigenvalue weighted by Crippen LogP contribution is 2.42. The third kappa shape index (κ3) is 10.8. The van der Waals surface area contributed by atoms with E-state index in [4.69, 9.17) is 18.2 Å². The topological polar surface area (TPSA) is 44.2 Å². The average Bonchev–Trinajstić information content (AvgIpc) is 3.94. The van der Waals surface area contributed by atoms with Crippen LogP contribution in [-0.4, -0.2) is 22.0 Å². The fraction of sp³-hybridized carbons (Fsp3) is 0.348. The van der Waals surface area contributed by atoms with Crippen LogP contribution in [0.2, 0.25) is 0 Å². The molecule has 0 fully saturated rings. The Bertz CT molecular complexity index is 1960. The molecule has 0 radical (unpaired) electrons. The van der Waals surface area contributed by atoms with E-state index in [1.165, 1.54) is 66.4 Å². The first-order valence-corrected chi connectivity index (χ1v) is 21.3. The molecule has 3 heterocycles. The number of allylic oxidation sites excluding steroid dienone is 4. The maximum atomic E-state index is 6.09. The molecule has 53 heavy (non-hydrogen) atoms. The van der Waals surface area contributed by atoms with Gasteiger partial charge in [0.15, 0.2) is 0 Å². The first-order valence-electron chi connectivity index (χ1n) is 18.9. The van der Waals surface area contributed by atoms with Gasteiger partial charge in [0, 0.05) is 30.6 Å². The van der Waals surface area contributed by atoms with Gasteiger partial charge in [-0.25, -0.2) is 0 Å². The minimum Gasteiger partial charge on any atom is -0.494 e. The van der Waals surface area contributed by atoms with Gasteiger partial charge < -0.3 is 9.47 Å². The Morgan fingerprint density at radius 3 is 1.32 bits per heavy atom. The van der Waals surface area contributed by atoms with Gasteiger partial charge in [-0.2, -0.15) is 8.75 Å². The molecule has 0 spiro atoms. The fourth-order valence-corrected chi connectivity index (χ4v) is 8.98. The van der Waals surface area contributed by atoms with E-state index < -0.39 is 0 Å². The number of hydrogen-bond acceptors (Lipinski definition) is 7. The number of nitrogens with zero attached hydrogens (tertiary/aromatic N) is 2. The minimum absolute atomic E-state index is 0.654. The largest absolute Gasteiger partial charge is 0.494 e. The van der Waals surface area contributed by atoms with Crippen molar-refractivity contribution >= 4 is 45.4 Å². The number of hydrogen-bond donors (Lipinski definition) is 0. The van der Waals surface area contributed by atoms with E-state index >= 15 is 0 Å². The highest BCUT2D eigenvalue weighted by atomic mass is 32.1. The molecule has 3 aromatic carbocycles. The van der Waals surface area contributed by atoms with Gasteiger partial charge in [0.1, 0.15) is 22.5 Å². The van der Waals surface area contributed by atoms with Crippen molar-refractivity contribution in [3.63, 3.8) is 0 Å². The second-order valence-electron chi connectivity index (χ2n) is 14.7. The molecular weight excluding hydrogens is 709 g/mol. The highest BCUT2D eigenvalue weighted by molar-refractivity contribution is 7.19. The molecule has 3 aromatic heterocycles. The van der Waals surface area contributed by atoms with Gasteiger partial charge in [-0.3, -0.25) is 0 Å². The second-order valence-corrected chi connectivity index (χ2v) is 17.4. The summed E-state index contributed by atoms with van der Waals surface area (Å²) < 4.78 is 21.7. The maximum Gasteiger partial charge on any atom is 0.119 e.